The van der Waals surface area contributed by atoms with Gasteiger partial charge in [-0.1, -0.05) is 11.2 Å². The first-order valence-electron chi connectivity index (χ1n) is 2.39. The van der Waals surface area contributed by atoms with E-state index in [4.69, 9.17) is 15.8 Å². The Balaban J connectivity index is 2.72. The second-order valence-corrected chi connectivity index (χ2v) is 2.63. The van der Waals surface area contributed by atoms with Gasteiger partial charge in [-0.05, 0) is 14.1 Å². The molecule has 50 valence electrons. The zero-order valence-corrected chi connectivity index (χ0v) is 6.90. The molecular formula is C4H11ClNOP. The summed E-state index contributed by atoms with van der Waals surface area (Å²) in [7, 11) is 4.10. The molecule has 0 spiro atoms. The Morgan fingerprint density at radius 1 is 1.62 bits per heavy atom. The minimum atomic E-state index is 0.103. The van der Waals surface area contributed by atoms with Crippen molar-refractivity contribution in [3.8, 4) is 0 Å². The third-order valence-electron chi connectivity index (χ3n) is 0.695. The summed E-state index contributed by atoms with van der Waals surface area (Å²) in [5.74, 6) is 0. The summed E-state index contributed by atoms with van der Waals surface area (Å²) in [5, 5.41) is 0. The summed E-state index contributed by atoms with van der Waals surface area (Å²) in [6.07, 6.45) is 0. The van der Waals surface area contributed by atoms with E-state index in [1.54, 1.807) is 0 Å². The lowest BCUT2D eigenvalue weighted by Gasteiger charge is -2.06. The Kier molecular flexibility index (Phi) is 6.23. The third kappa shape index (κ3) is 6.64. The molecule has 2 nitrogen and oxygen atoms in total. The molecule has 1 unspecified atom stereocenters. The van der Waals surface area contributed by atoms with E-state index in [1.165, 1.54) is 0 Å². The van der Waals surface area contributed by atoms with Crippen molar-refractivity contribution < 1.29 is 4.52 Å². The Labute approximate surface area is 56.8 Å². The summed E-state index contributed by atoms with van der Waals surface area (Å²) >= 11 is 5.27. The lowest BCUT2D eigenvalue weighted by molar-refractivity contribution is 0.290. The van der Waals surface area contributed by atoms with Gasteiger partial charge in [-0.15, -0.1) is 0 Å². The van der Waals surface area contributed by atoms with Gasteiger partial charge >= 0.3 is 0 Å². The molecular weight excluding hydrogens is 144 g/mol. The minimum Gasteiger partial charge on any atom is -0.345 e. The summed E-state index contributed by atoms with van der Waals surface area (Å²) in [6.45, 7) is 1.68. The highest BCUT2D eigenvalue weighted by Gasteiger charge is 1.86. The maximum Gasteiger partial charge on any atom is 0.110 e. The van der Waals surface area contributed by atoms with E-state index < -0.39 is 0 Å². The Morgan fingerprint density at radius 3 is 2.62 bits per heavy atom. The number of hydrogen-bond acceptors (Lipinski definition) is 2. The van der Waals surface area contributed by atoms with Crippen LogP contribution in [0.25, 0.3) is 0 Å². The van der Waals surface area contributed by atoms with E-state index >= 15 is 0 Å². The molecule has 0 bridgehead atoms. The largest absolute Gasteiger partial charge is 0.345 e. The molecule has 1 atom stereocenters. The van der Waals surface area contributed by atoms with E-state index in [0.29, 0.717) is 0 Å². The average molecular weight is 156 g/mol. The molecule has 0 radical (unpaired) electrons. The lowest BCUT2D eigenvalue weighted by atomic mass is 10.6. The van der Waals surface area contributed by atoms with Crippen LogP contribution in [-0.4, -0.2) is 32.1 Å². The van der Waals surface area contributed by atoms with Crippen molar-refractivity contribution in [2.45, 2.75) is 0 Å². The van der Waals surface area contributed by atoms with Crippen molar-refractivity contribution in [3.63, 3.8) is 0 Å². The Morgan fingerprint density at radius 2 is 2.25 bits per heavy atom. The zero-order valence-electron chi connectivity index (χ0n) is 5.15. The summed E-state index contributed by atoms with van der Waals surface area (Å²) in [5.41, 5.74) is 0. The number of halogens is 1. The molecule has 0 amide bonds. The number of likely N-dealkylation sites (N-methyl/N-ethyl adjacent to an activating group) is 1. The highest BCUT2D eigenvalue weighted by atomic mass is 35.7. The van der Waals surface area contributed by atoms with Crippen molar-refractivity contribution in [2.75, 3.05) is 27.2 Å². The number of hydrogen-bond donors (Lipinski definition) is 0. The van der Waals surface area contributed by atoms with Gasteiger partial charge in [0.15, 0.2) is 0 Å². The molecule has 0 heterocycles. The van der Waals surface area contributed by atoms with Crippen LogP contribution in [0.3, 0.4) is 0 Å². The molecule has 0 rings (SSSR count). The van der Waals surface area contributed by atoms with E-state index in [-0.39, 0.29) is 8.16 Å². The van der Waals surface area contributed by atoms with Crippen LogP contribution in [0.2, 0.25) is 0 Å². The molecule has 0 aliphatic carbocycles. The molecule has 0 saturated heterocycles. The first-order valence-corrected chi connectivity index (χ1v) is 4.31. The van der Waals surface area contributed by atoms with Crippen LogP contribution in [0.1, 0.15) is 0 Å². The number of nitrogens with zero attached hydrogens (tertiary/aromatic N) is 1. The molecule has 0 aromatic rings. The monoisotopic (exact) mass is 155 g/mol. The van der Waals surface area contributed by atoms with E-state index in [0.717, 1.165) is 13.2 Å². The predicted molar refractivity (Wildman–Crippen MR) is 38.7 cm³/mol. The fraction of sp³-hybridized carbons (Fsp3) is 1.00. The SMILES string of the molecule is CN(C)CCOPCl. The predicted octanol–water partition coefficient (Wildman–Crippen LogP) is 1.31. The first-order chi connectivity index (χ1) is 3.77. The van der Waals surface area contributed by atoms with E-state index in [1.807, 2.05) is 14.1 Å². The molecule has 0 aromatic carbocycles. The van der Waals surface area contributed by atoms with E-state index in [2.05, 4.69) is 4.90 Å². The summed E-state index contributed by atoms with van der Waals surface area (Å²) < 4.78 is 4.90. The third-order valence-corrected chi connectivity index (χ3v) is 1.34. The molecule has 0 fully saturated rings. The standard InChI is InChI=1S/C4H11ClNOP/c1-6(2)3-4-7-8-5/h8H,3-4H2,1-2H3. The van der Waals surface area contributed by atoms with Gasteiger partial charge in [-0.2, -0.15) is 0 Å². The lowest BCUT2D eigenvalue weighted by Crippen LogP contribution is -2.16. The molecule has 0 aliphatic heterocycles. The van der Waals surface area contributed by atoms with Crippen LogP contribution < -0.4 is 0 Å². The average Bonchev–Trinajstić information content (AvgIpc) is 1.66. The van der Waals surface area contributed by atoms with Gasteiger partial charge in [0.05, 0.1) is 6.61 Å². The molecule has 4 heteroatoms. The van der Waals surface area contributed by atoms with Crippen molar-refractivity contribution >= 4 is 19.4 Å². The van der Waals surface area contributed by atoms with Gasteiger partial charge in [0.1, 0.15) is 8.16 Å². The molecule has 0 aliphatic rings. The van der Waals surface area contributed by atoms with E-state index in [9.17, 15) is 0 Å². The maximum atomic E-state index is 5.27. The molecule has 0 aromatic heterocycles. The van der Waals surface area contributed by atoms with Crippen LogP contribution in [0.4, 0.5) is 0 Å². The Bertz CT molecular complexity index is 53.3. The first kappa shape index (κ1) is 8.64. The highest BCUT2D eigenvalue weighted by molar-refractivity contribution is 7.64. The van der Waals surface area contributed by atoms with Gasteiger partial charge in [0.2, 0.25) is 0 Å². The highest BCUT2D eigenvalue weighted by Crippen LogP contribution is 2.15. The summed E-state index contributed by atoms with van der Waals surface area (Å²) in [4.78, 5) is 2.05. The van der Waals surface area contributed by atoms with Crippen molar-refractivity contribution in [1.29, 1.82) is 0 Å². The second-order valence-electron chi connectivity index (χ2n) is 1.73. The van der Waals surface area contributed by atoms with Crippen LogP contribution in [0.15, 0.2) is 0 Å². The van der Waals surface area contributed by atoms with Crippen molar-refractivity contribution in [3.05, 3.63) is 0 Å². The van der Waals surface area contributed by atoms with Gasteiger partial charge in [-0.3, -0.25) is 0 Å². The smallest absolute Gasteiger partial charge is 0.110 e. The normalized spacial score (nSPS) is 12.0. The molecule has 0 saturated carbocycles. The topological polar surface area (TPSA) is 12.5 Å². The second kappa shape index (κ2) is 5.77. The maximum absolute atomic E-state index is 5.27. The van der Waals surface area contributed by atoms with Crippen molar-refractivity contribution in [1.82, 2.24) is 4.90 Å². The molecule has 0 N–H and O–H groups in total. The molecule has 8 heavy (non-hydrogen) atoms. The minimum absolute atomic E-state index is 0.103. The summed E-state index contributed by atoms with van der Waals surface area (Å²) in [6, 6.07) is 0. The van der Waals surface area contributed by atoms with Crippen LogP contribution in [0.5, 0.6) is 0 Å². The van der Waals surface area contributed by atoms with Crippen LogP contribution >= 0.6 is 19.4 Å². The quantitative estimate of drug-likeness (QED) is 0.449. The van der Waals surface area contributed by atoms with Gasteiger partial charge in [-0.25, -0.2) is 0 Å². The van der Waals surface area contributed by atoms with Gasteiger partial charge in [0.25, 0.3) is 0 Å². The van der Waals surface area contributed by atoms with Crippen LogP contribution in [-0.2, 0) is 4.52 Å². The van der Waals surface area contributed by atoms with Gasteiger partial charge < -0.3 is 9.42 Å². The fourth-order valence-electron chi connectivity index (χ4n) is 0.267. The van der Waals surface area contributed by atoms with Crippen molar-refractivity contribution in [2.24, 2.45) is 0 Å². The number of rotatable bonds is 4. The Hall–Kier alpha value is 0.640. The van der Waals surface area contributed by atoms with Crippen LogP contribution in [0, 0.1) is 0 Å². The zero-order chi connectivity index (χ0) is 6.41. The van der Waals surface area contributed by atoms with Gasteiger partial charge in [0, 0.05) is 6.54 Å². The fourth-order valence-corrected chi connectivity index (χ4v) is 0.667.